The number of alkyl halides is 5. The quantitative estimate of drug-likeness (QED) is 0.633. The molecule has 1 aromatic rings. The van der Waals surface area contributed by atoms with Crippen LogP contribution < -0.4 is 0 Å². The molecule has 0 aliphatic heterocycles. The Hall–Kier alpha value is -2.24. The lowest BCUT2D eigenvalue weighted by molar-refractivity contribution is -0.145. The molecule has 0 atom stereocenters. The third kappa shape index (κ3) is 4.11. The monoisotopic (exact) mass is 308 g/mol. The van der Waals surface area contributed by atoms with Crippen LogP contribution in [0.4, 0.5) is 22.0 Å². The van der Waals surface area contributed by atoms with Crippen LogP contribution in [0.3, 0.4) is 0 Å². The van der Waals surface area contributed by atoms with Crippen molar-refractivity contribution in [2.45, 2.75) is 25.9 Å². The van der Waals surface area contributed by atoms with Crippen molar-refractivity contribution in [2.24, 2.45) is 0 Å². The van der Waals surface area contributed by atoms with E-state index in [0.29, 0.717) is 0 Å². The lowest BCUT2D eigenvalue weighted by Gasteiger charge is -2.14. The Morgan fingerprint density at radius 3 is 2.52 bits per heavy atom. The Morgan fingerprint density at radius 1 is 1.48 bits per heavy atom. The summed E-state index contributed by atoms with van der Waals surface area (Å²) in [5, 5.41) is 8.72. The van der Waals surface area contributed by atoms with Crippen LogP contribution in [0.2, 0.25) is 0 Å². The molecule has 0 amide bonds. The van der Waals surface area contributed by atoms with Gasteiger partial charge in [0.2, 0.25) is 0 Å². The topological polar surface area (TPSA) is 63.0 Å². The molecule has 0 saturated carbocycles. The molecular formula is C12H9F5N2O2. The first-order valence-corrected chi connectivity index (χ1v) is 5.65. The number of hydrogen-bond acceptors (Lipinski definition) is 4. The van der Waals surface area contributed by atoms with Crippen LogP contribution in [-0.2, 0) is 22.1 Å². The molecule has 114 valence electrons. The third-order valence-corrected chi connectivity index (χ3v) is 2.35. The number of halogens is 5. The molecule has 1 aromatic heterocycles. The summed E-state index contributed by atoms with van der Waals surface area (Å²) in [6, 6.07) is 1.99. The van der Waals surface area contributed by atoms with Crippen molar-refractivity contribution >= 4 is 5.97 Å². The SMILES string of the molecule is CCOC(=O)Cc1cc(C#N)c(C(F)F)c(C(F)(F)F)n1. The average molecular weight is 308 g/mol. The normalized spacial score (nSPS) is 11.3. The van der Waals surface area contributed by atoms with E-state index in [-0.39, 0.29) is 6.61 Å². The van der Waals surface area contributed by atoms with Crippen molar-refractivity contribution in [3.8, 4) is 6.07 Å². The molecule has 0 aromatic carbocycles. The van der Waals surface area contributed by atoms with Gasteiger partial charge in [0.25, 0.3) is 6.43 Å². The minimum Gasteiger partial charge on any atom is -0.466 e. The smallest absolute Gasteiger partial charge is 0.433 e. The van der Waals surface area contributed by atoms with E-state index in [9.17, 15) is 26.7 Å². The van der Waals surface area contributed by atoms with E-state index in [1.54, 1.807) is 0 Å². The van der Waals surface area contributed by atoms with E-state index < -0.39 is 47.5 Å². The predicted octanol–water partition coefficient (Wildman–Crippen LogP) is 3.02. The minimum atomic E-state index is -5.16. The van der Waals surface area contributed by atoms with Crippen molar-refractivity contribution in [1.29, 1.82) is 5.26 Å². The van der Waals surface area contributed by atoms with Crippen LogP contribution >= 0.6 is 0 Å². The zero-order chi connectivity index (χ0) is 16.2. The number of esters is 1. The average Bonchev–Trinajstić information content (AvgIpc) is 2.36. The summed E-state index contributed by atoms with van der Waals surface area (Å²) in [5.41, 5.74) is -4.68. The molecule has 0 aliphatic carbocycles. The lowest BCUT2D eigenvalue weighted by Crippen LogP contribution is -2.17. The fourth-order valence-electron chi connectivity index (χ4n) is 1.59. The second kappa shape index (κ2) is 6.47. The van der Waals surface area contributed by atoms with Gasteiger partial charge in [-0.3, -0.25) is 4.79 Å². The molecular weight excluding hydrogens is 299 g/mol. The third-order valence-electron chi connectivity index (χ3n) is 2.35. The van der Waals surface area contributed by atoms with Gasteiger partial charge >= 0.3 is 12.1 Å². The zero-order valence-corrected chi connectivity index (χ0v) is 10.7. The van der Waals surface area contributed by atoms with E-state index in [4.69, 9.17) is 5.26 Å². The molecule has 0 fully saturated rings. The van der Waals surface area contributed by atoms with Gasteiger partial charge in [0.05, 0.1) is 35.9 Å². The second-order valence-electron chi connectivity index (χ2n) is 3.82. The van der Waals surface area contributed by atoms with Crippen LogP contribution in [0, 0.1) is 11.3 Å². The number of ether oxygens (including phenoxy) is 1. The molecule has 0 saturated heterocycles. The van der Waals surface area contributed by atoms with Crippen molar-refractivity contribution in [3.63, 3.8) is 0 Å². The first kappa shape index (κ1) is 16.8. The molecule has 21 heavy (non-hydrogen) atoms. The van der Waals surface area contributed by atoms with Gasteiger partial charge in [-0.05, 0) is 13.0 Å². The zero-order valence-electron chi connectivity index (χ0n) is 10.7. The largest absolute Gasteiger partial charge is 0.466 e. The fourth-order valence-corrected chi connectivity index (χ4v) is 1.59. The highest BCUT2D eigenvalue weighted by atomic mass is 19.4. The standard InChI is InChI=1S/C12H9F5N2O2/c1-2-21-8(20)4-7-3-6(5-18)9(11(13)14)10(19-7)12(15,16)17/h3,11H,2,4H2,1H3. The predicted molar refractivity (Wildman–Crippen MR) is 59.2 cm³/mol. The van der Waals surface area contributed by atoms with Gasteiger partial charge in [0, 0.05) is 0 Å². The maximum atomic E-state index is 12.8. The Kier molecular flexibility index (Phi) is 5.18. The van der Waals surface area contributed by atoms with Gasteiger partial charge in [0.1, 0.15) is 0 Å². The first-order chi connectivity index (χ1) is 9.70. The molecule has 1 heterocycles. The van der Waals surface area contributed by atoms with Gasteiger partial charge in [-0.2, -0.15) is 18.4 Å². The number of carbonyl (C=O) groups excluding carboxylic acids is 1. The van der Waals surface area contributed by atoms with Crippen LogP contribution in [-0.4, -0.2) is 17.6 Å². The molecule has 0 radical (unpaired) electrons. The van der Waals surface area contributed by atoms with Crippen LogP contribution in [0.5, 0.6) is 0 Å². The van der Waals surface area contributed by atoms with Crippen LogP contribution in [0.15, 0.2) is 6.07 Å². The summed E-state index contributed by atoms with van der Waals surface area (Å²) < 4.78 is 68.3. The molecule has 4 nitrogen and oxygen atoms in total. The summed E-state index contributed by atoms with van der Waals surface area (Å²) in [6.07, 6.45) is -9.32. The van der Waals surface area contributed by atoms with E-state index >= 15 is 0 Å². The highest BCUT2D eigenvalue weighted by Gasteiger charge is 2.39. The molecule has 0 aliphatic rings. The number of pyridine rings is 1. The van der Waals surface area contributed by atoms with Crippen molar-refractivity contribution in [3.05, 3.63) is 28.6 Å². The number of nitrogens with zero attached hydrogens (tertiary/aromatic N) is 2. The van der Waals surface area contributed by atoms with Gasteiger partial charge in [-0.25, -0.2) is 13.8 Å². The first-order valence-electron chi connectivity index (χ1n) is 5.65. The highest BCUT2D eigenvalue weighted by Crippen LogP contribution is 2.37. The van der Waals surface area contributed by atoms with E-state index in [0.717, 1.165) is 6.07 Å². The fraction of sp³-hybridized carbons (Fsp3) is 0.417. The Balaban J connectivity index is 3.39. The number of rotatable bonds is 4. The Labute approximate surface area is 116 Å². The lowest BCUT2D eigenvalue weighted by atomic mass is 10.0. The maximum Gasteiger partial charge on any atom is 0.433 e. The Morgan fingerprint density at radius 2 is 2.10 bits per heavy atom. The number of carbonyl (C=O) groups is 1. The van der Waals surface area contributed by atoms with Crippen molar-refractivity contribution in [1.82, 2.24) is 4.98 Å². The van der Waals surface area contributed by atoms with Crippen LogP contribution in [0.25, 0.3) is 0 Å². The molecule has 9 heteroatoms. The van der Waals surface area contributed by atoms with E-state index in [2.05, 4.69) is 9.72 Å². The summed E-state index contributed by atoms with van der Waals surface area (Å²) >= 11 is 0. The summed E-state index contributed by atoms with van der Waals surface area (Å²) in [4.78, 5) is 14.3. The van der Waals surface area contributed by atoms with E-state index in [1.165, 1.54) is 13.0 Å². The highest BCUT2D eigenvalue weighted by molar-refractivity contribution is 5.72. The summed E-state index contributed by atoms with van der Waals surface area (Å²) in [5.74, 6) is -0.869. The van der Waals surface area contributed by atoms with Gasteiger partial charge in [-0.15, -0.1) is 0 Å². The number of hydrogen-bond donors (Lipinski definition) is 0. The minimum absolute atomic E-state index is 0.00514. The number of nitriles is 1. The molecule has 1 rings (SSSR count). The van der Waals surface area contributed by atoms with Crippen molar-refractivity contribution in [2.75, 3.05) is 6.61 Å². The maximum absolute atomic E-state index is 12.8. The van der Waals surface area contributed by atoms with Gasteiger partial charge in [0.15, 0.2) is 5.69 Å². The van der Waals surface area contributed by atoms with Crippen molar-refractivity contribution < 1.29 is 31.5 Å². The van der Waals surface area contributed by atoms with E-state index in [1.807, 2.05) is 0 Å². The Bertz CT molecular complexity index is 578. The van der Waals surface area contributed by atoms with Gasteiger partial charge < -0.3 is 4.74 Å². The van der Waals surface area contributed by atoms with Crippen LogP contribution in [0.1, 0.15) is 35.9 Å². The number of aromatic nitrogens is 1. The molecule has 0 bridgehead atoms. The molecule has 0 unspecified atom stereocenters. The second-order valence-corrected chi connectivity index (χ2v) is 3.82. The summed E-state index contributed by atoms with van der Waals surface area (Å²) in [6.45, 7) is 1.50. The van der Waals surface area contributed by atoms with Gasteiger partial charge in [-0.1, -0.05) is 0 Å². The summed E-state index contributed by atoms with van der Waals surface area (Å²) in [7, 11) is 0. The molecule has 0 N–H and O–H groups in total. The molecule has 0 spiro atoms.